The standard InChI is InChI=1S/C13H25F3N2O/c1-11(2)18(7-8-19-10-13(14,15)16)9-12-3-5-17-6-4-12/h11-12,17H,3-10H2,1-2H3. The predicted octanol–water partition coefficient (Wildman–Crippen LogP) is 2.28. The van der Waals surface area contributed by atoms with E-state index in [0.717, 1.165) is 32.5 Å². The molecular formula is C13H25F3N2O. The number of rotatable bonds is 7. The number of nitrogens with one attached hydrogen (secondary N) is 1. The first-order valence-corrected chi connectivity index (χ1v) is 6.98. The topological polar surface area (TPSA) is 24.5 Å². The molecule has 1 heterocycles. The summed E-state index contributed by atoms with van der Waals surface area (Å²) in [5.74, 6) is 0.645. The molecule has 19 heavy (non-hydrogen) atoms. The lowest BCUT2D eigenvalue weighted by atomic mass is 9.97. The van der Waals surface area contributed by atoms with E-state index in [1.807, 2.05) is 0 Å². The van der Waals surface area contributed by atoms with Crippen LogP contribution in [0.25, 0.3) is 0 Å². The van der Waals surface area contributed by atoms with Crippen molar-refractivity contribution in [3.8, 4) is 0 Å². The molecule has 1 fully saturated rings. The maximum atomic E-state index is 12.0. The Morgan fingerprint density at radius 3 is 2.42 bits per heavy atom. The molecule has 1 N–H and O–H groups in total. The van der Waals surface area contributed by atoms with Gasteiger partial charge in [0, 0.05) is 19.1 Å². The predicted molar refractivity (Wildman–Crippen MR) is 69.2 cm³/mol. The number of halogens is 3. The maximum absolute atomic E-state index is 12.0. The molecule has 0 aromatic carbocycles. The molecule has 1 saturated heterocycles. The molecule has 6 heteroatoms. The van der Waals surface area contributed by atoms with Crippen molar-refractivity contribution in [2.75, 3.05) is 39.4 Å². The first-order valence-electron chi connectivity index (χ1n) is 6.98. The lowest BCUT2D eigenvalue weighted by Gasteiger charge is -2.32. The second-order valence-corrected chi connectivity index (χ2v) is 5.45. The third-order valence-electron chi connectivity index (χ3n) is 3.47. The molecular weight excluding hydrogens is 257 g/mol. The fourth-order valence-corrected chi connectivity index (χ4v) is 2.33. The van der Waals surface area contributed by atoms with Gasteiger partial charge in [-0.05, 0) is 45.7 Å². The van der Waals surface area contributed by atoms with Crippen LogP contribution in [0.4, 0.5) is 13.2 Å². The molecule has 0 unspecified atom stereocenters. The smallest absolute Gasteiger partial charge is 0.371 e. The Balaban J connectivity index is 2.24. The third-order valence-corrected chi connectivity index (χ3v) is 3.47. The van der Waals surface area contributed by atoms with Crippen molar-refractivity contribution >= 4 is 0 Å². The number of hydrogen-bond donors (Lipinski definition) is 1. The van der Waals surface area contributed by atoms with Gasteiger partial charge in [0.1, 0.15) is 6.61 Å². The van der Waals surface area contributed by atoms with Crippen LogP contribution in [0.5, 0.6) is 0 Å². The lowest BCUT2D eigenvalue weighted by Crippen LogP contribution is -2.41. The van der Waals surface area contributed by atoms with Crippen molar-refractivity contribution in [2.24, 2.45) is 5.92 Å². The summed E-state index contributed by atoms with van der Waals surface area (Å²) in [5, 5.41) is 3.32. The number of hydrogen-bond acceptors (Lipinski definition) is 3. The van der Waals surface area contributed by atoms with E-state index in [-0.39, 0.29) is 6.61 Å². The Morgan fingerprint density at radius 2 is 1.89 bits per heavy atom. The average molecular weight is 282 g/mol. The van der Waals surface area contributed by atoms with E-state index < -0.39 is 12.8 Å². The van der Waals surface area contributed by atoms with Gasteiger partial charge >= 0.3 is 6.18 Å². The molecule has 0 spiro atoms. The fourth-order valence-electron chi connectivity index (χ4n) is 2.33. The minimum Gasteiger partial charge on any atom is -0.371 e. The second-order valence-electron chi connectivity index (χ2n) is 5.45. The average Bonchev–Trinajstić information content (AvgIpc) is 2.33. The number of alkyl halides is 3. The van der Waals surface area contributed by atoms with Crippen molar-refractivity contribution in [3.05, 3.63) is 0 Å². The van der Waals surface area contributed by atoms with Crippen molar-refractivity contribution in [1.29, 1.82) is 0 Å². The van der Waals surface area contributed by atoms with Crippen LogP contribution in [-0.2, 0) is 4.74 Å². The summed E-state index contributed by atoms with van der Waals surface area (Å²) in [4.78, 5) is 2.21. The minimum atomic E-state index is -4.22. The van der Waals surface area contributed by atoms with E-state index in [0.29, 0.717) is 18.5 Å². The summed E-state index contributed by atoms with van der Waals surface area (Å²) < 4.78 is 40.6. The van der Waals surface area contributed by atoms with Gasteiger partial charge in [0.2, 0.25) is 0 Å². The van der Waals surface area contributed by atoms with Crippen LogP contribution in [0.2, 0.25) is 0 Å². The van der Waals surface area contributed by atoms with Crippen LogP contribution in [0.3, 0.4) is 0 Å². The minimum absolute atomic E-state index is 0.142. The normalized spacial score (nSPS) is 18.5. The molecule has 0 amide bonds. The Bertz CT molecular complexity index is 241. The molecule has 0 radical (unpaired) electrons. The summed E-state index contributed by atoms with van der Waals surface area (Å²) in [6, 6.07) is 0.337. The molecule has 0 saturated carbocycles. The van der Waals surface area contributed by atoms with Crippen molar-refractivity contribution in [3.63, 3.8) is 0 Å². The van der Waals surface area contributed by atoms with E-state index >= 15 is 0 Å². The van der Waals surface area contributed by atoms with Crippen LogP contribution in [0.1, 0.15) is 26.7 Å². The number of piperidine rings is 1. The van der Waals surface area contributed by atoms with Gasteiger partial charge in [-0.3, -0.25) is 4.90 Å². The Hall–Kier alpha value is -0.330. The van der Waals surface area contributed by atoms with Gasteiger partial charge in [0.05, 0.1) is 6.61 Å². The van der Waals surface area contributed by atoms with Crippen LogP contribution in [0, 0.1) is 5.92 Å². The van der Waals surface area contributed by atoms with E-state index in [1.165, 1.54) is 0 Å². The summed E-state index contributed by atoms with van der Waals surface area (Å²) in [7, 11) is 0. The highest BCUT2D eigenvalue weighted by Crippen LogP contribution is 2.16. The van der Waals surface area contributed by atoms with E-state index in [4.69, 9.17) is 0 Å². The van der Waals surface area contributed by atoms with Gasteiger partial charge in [0.25, 0.3) is 0 Å². The van der Waals surface area contributed by atoms with Gasteiger partial charge in [-0.25, -0.2) is 0 Å². The Labute approximate surface area is 113 Å². The van der Waals surface area contributed by atoms with Gasteiger partial charge in [-0.15, -0.1) is 0 Å². The summed E-state index contributed by atoms with van der Waals surface area (Å²) in [6.07, 6.45) is -1.93. The van der Waals surface area contributed by atoms with Crippen LogP contribution >= 0.6 is 0 Å². The first kappa shape index (κ1) is 16.7. The largest absolute Gasteiger partial charge is 0.411 e. The van der Waals surface area contributed by atoms with Gasteiger partial charge in [-0.1, -0.05) is 0 Å². The zero-order valence-corrected chi connectivity index (χ0v) is 11.8. The molecule has 1 aliphatic rings. The van der Waals surface area contributed by atoms with E-state index in [9.17, 15) is 13.2 Å². The number of ether oxygens (including phenoxy) is 1. The SMILES string of the molecule is CC(C)N(CCOCC(F)(F)F)CC1CCNCC1. The quantitative estimate of drug-likeness (QED) is 0.725. The van der Waals surface area contributed by atoms with Gasteiger partial charge in [-0.2, -0.15) is 13.2 Å². The molecule has 1 rings (SSSR count). The van der Waals surface area contributed by atoms with Gasteiger partial charge < -0.3 is 10.1 Å². The highest BCUT2D eigenvalue weighted by molar-refractivity contribution is 4.74. The highest BCUT2D eigenvalue weighted by atomic mass is 19.4. The zero-order chi connectivity index (χ0) is 14.3. The fraction of sp³-hybridized carbons (Fsp3) is 1.00. The molecule has 0 aromatic heterocycles. The molecule has 0 aromatic rings. The summed E-state index contributed by atoms with van der Waals surface area (Å²) in [6.45, 7) is 6.75. The van der Waals surface area contributed by atoms with Crippen LogP contribution in [-0.4, -0.2) is 56.5 Å². The van der Waals surface area contributed by atoms with Crippen molar-refractivity contribution < 1.29 is 17.9 Å². The van der Waals surface area contributed by atoms with E-state index in [2.05, 4.69) is 28.8 Å². The number of nitrogens with zero attached hydrogens (tertiary/aromatic N) is 1. The van der Waals surface area contributed by atoms with E-state index in [1.54, 1.807) is 0 Å². The molecule has 114 valence electrons. The van der Waals surface area contributed by atoms with Crippen LogP contribution < -0.4 is 5.32 Å². The summed E-state index contributed by atoms with van der Waals surface area (Å²) >= 11 is 0. The molecule has 0 bridgehead atoms. The van der Waals surface area contributed by atoms with Crippen molar-refractivity contribution in [2.45, 2.75) is 38.9 Å². The highest BCUT2D eigenvalue weighted by Gasteiger charge is 2.27. The molecule has 0 aliphatic carbocycles. The molecule has 3 nitrogen and oxygen atoms in total. The summed E-state index contributed by atoms with van der Waals surface area (Å²) in [5.41, 5.74) is 0. The lowest BCUT2D eigenvalue weighted by molar-refractivity contribution is -0.174. The van der Waals surface area contributed by atoms with Crippen LogP contribution in [0.15, 0.2) is 0 Å². The zero-order valence-electron chi connectivity index (χ0n) is 11.8. The Morgan fingerprint density at radius 1 is 1.26 bits per heavy atom. The molecule has 0 atom stereocenters. The second kappa shape index (κ2) is 8.07. The van der Waals surface area contributed by atoms with Gasteiger partial charge in [0.15, 0.2) is 0 Å². The molecule has 1 aliphatic heterocycles. The maximum Gasteiger partial charge on any atom is 0.411 e. The third kappa shape index (κ3) is 7.74. The first-order chi connectivity index (χ1) is 8.88. The van der Waals surface area contributed by atoms with Crippen molar-refractivity contribution in [1.82, 2.24) is 10.2 Å². The Kier molecular flexibility index (Phi) is 7.10. The monoisotopic (exact) mass is 282 g/mol.